The Labute approximate surface area is 159 Å². The molecule has 2 aromatic rings. The summed E-state index contributed by atoms with van der Waals surface area (Å²) in [6.45, 7) is 1.31. The number of hydrogen-bond acceptors (Lipinski definition) is 7. The van der Waals surface area contributed by atoms with Gasteiger partial charge in [0.2, 0.25) is 15.2 Å². The van der Waals surface area contributed by atoms with Gasteiger partial charge in [-0.15, -0.1) is 0 Å². The third-order valence-corrected chi connectivity index (χ3v) is 7.00. The van der Waals surface area contributed by atoms with E-state index in [-0.39, 0.29) is 6.04 Å². The van der Waals surface area contributed by atoms with Gasteiger partial charge in [0, 0.05) is 42.2 Å². The summed E-state index contributed by atoms with van der Waals surface area (Å²) in [6, 6.07) is 6.74. The summed E-state index contributed by atoms with van der Waals surface area (Å²) in [6.07, 6.45) is 1.70. The summed E-state index contributed by atoms with van der Waals surface area (Å²) >= 11 is 4.59. The van der Waals surface area contributed by atoms with Crippen LogP contribution in [0.4, 0.5) is 5.13 Å². The van der Waals surface area contributed by atoms with E-state index in [1.807, 2.05) is 0 Å². The number of halogens is 1. The minimum Gasteiger partial charge on any atom is -0.377 e. The van der Waals surface area contributed by atoms with E-state index >= 15 is 0 Å². The lowest BCUT2D eigenvalue weighted by Gasteiger charge is -2.32. The topological polar surface area (TPSA) is 84.4 Å². The maximum Gasteiger partial charge on any atom is 0.243 e. The van der Waals surface area contributed by atoms with E-state index < -0.39 is 10.0 Å². The Morgan fingerprint density at radius 2 is 2.16 bits per heavy atom. The summed E-state index contributed by atoms with van der Waals surface area (Å²) in [5.74, 6) is 0.630. The van der Waals surface area contributed by atoms with Crippen LogP contribution in [0.5, 0.6) is 0 Å². The molecular weight excluding hydrogens is 428 g/mol. The Hall–Kier alpha value is -1.07. The highest BCUT2D eigenvalue weighted by Crippen LogP contribution is 2.24. The zero-order valence-electron chi connectivity index (χ0n) is 13.7. The summed E-state index contributed by atoms with van der Waals surface area (Å²) in [5.41, 5.74) is 0. The third kappa shape index (κ3) is 4.56. The molecule has 1 fully saturated rings. The first-order chi connectivity index (χ1) is 12.0. The molecule has 0 bridgehead atoms. The number of methoxy groups -OCH3 is 1. The van der Waals surface area contributed by atoms with E-state index in [1.54, 1.807) is 31.4 Å². The summed E-state index contributed by atoms with van der Waals surface area (Å²) in [7, 11) is -1.89. The molecule has 10 heteroatoms. The van der Waals surface area contributed by atoms with Gasteiger partial charge in [-0.25, -0.2) is 13.4 Å². The van der Waals surface area contributed by atoms with Crippen LogP contribution >= 0.6 is 27.5 Å². The van der Waals surface area contributed by atoms with Crippen molar-refractivity contribution < 1.29 is 13.2 Å². The van der Waals surface area contributed by atoms with Crippen LogP contribution in [0.15, 0.2) is 33.6 Å². The third-order valence-electron chi connectivity index (χ3n) is 3.90. The fourth-order valence-corrected chi connectivity index (χ4v) is 5.15. The molecule has 136 valence electrons. The van der Waals surface area contributed by atoms with E-state index in [2.05, 4.69) is 30.6 Å². The first kappa shape index (κ1) is 18.7. The molecule has 0 radical (unpaired) electrons. The van der Waals surface area contributed by atoms with Crippen LogP contribution in [0.25, 0.3) is 0 Å². The lowest BCUT2D eigenvalue weighted by molar-refractivity contribution is 0.179. The van der Waals surface area contributed by atoms with Gasteiger partial charge in [0.05, 0.1) is 4.90 Å². The maximum atomic E-state index is 12.8. The van der Waals surface area contributed by atoms with Crippen LogP contribution in [0.2, 0.25) is 0 Å². The van der Waals surface area contributed by atoms with Crippen molar-refractivity contribution in [2.45, 2.75) is 30.4 Å². The van der Waals surface area contributed by atoms with Crippen LogP contribution in [0.3, 0.4) is 0 Å². The summed E-state index contributed by atoms with van der Waals surface area (Å²) in [4.78, 5) is 4.66. The average Bonchev–Trinajstić information content (AvgIpc) is 3.03. The number of anilines is 1. The molecule has 0 aliphatic carbocycles. The molecule has 1 aromatic carbocycles. The van der Waals surface area contributed by atoms with Crippen LogP contribution in [-0.4, -0.2) is 48.3 Å². The predicted octanol–water partition coefficient (Wildman–Crippen LogP) is 2.71. The van der Waals surface area contributed by atoms with Gasteiger partial charge in [0.1, 0.15) is 6.61 Å². The number of nitrogens with one attached hydrogen (secondary N) is 1. The highest BCUT2D eigenvalue weighted by Gasteiger charge is 2.30. The fourth-order valence-electron chi connectivity index (χ4n) is 2.71. The maximum absolute atomic E-state index is 12.8. The fraction of sp³-hybridized carbons (Fsp3) is 0.467. The van der Waals surface area contributed by atoms with Crippen LogP contribution in [0, 0.1) is 0 Å². The minimum absolute atomic E-state index is 0.0160. The van der Waals surface area contributed by atoms with Gasteiger partial charge < -0.3 is 10.1 Å². The lowest BCUT2D eigenvalue weighted by Crippen LogP contribution is -2.45. The van der Waals surface area contributed by atoms with Gasteiger partial charge in [-0.3, -0.25) is 0 Å². The SMILES string of the molecule is COCc1nsc(NC2CCCN(S(=O)(=O)c3ccc(Br)cc3)C2)n1. The largest absolute Gasteiger partial charge is 0.377 e. The van der Waals surface area contributed by atoms with Crippen LogP contribution < -0.4 is 5.32 Å². The van der Waals surface area contributed by atoms with E-state index in [0.29, 0.717) is 35.5 Å². The first-order valence-corrected chi connectivity index (χ1v) is 10.8. The molecule has 1 aliphatic rings. The number of nitrogens with zero attached hydrogens (tertiary/aromatic N) is 3. The number of benzene rings is 1. The summed E-state index contributed by atoms with van der Waals surface area (Å²) < 4.78 is 37.3. The molecule has 0 saturated carbocycles. The number of aromatic nitrogens is 2. The molecular formula is C15H19BrN4O3S2. The van der Waals surface area contributed by atoms with Gasteiger partial charge in [-0.05, 0) is 37.1 Å². The van der Waals surface area contributed by atoms with Gasteiger partial charge >= 0.3 is 0 Å². The van der Waals surface area contributed by atoms with Crippen molar-refractivity contribution in [2.75, 3.05) is 25.5 Å². The van der Waals surface area contributed by atoms with Crippen LogP contribution in [-0.2, 0) is 21.4 Å². The van der Waals surface area contributed by atoms with E-state index in [1.165, 1.54) is 15.8 Å². The van der Waals surface area contributed by atoms with Gasteiger partial charge in [-0.1, -0.05) is 15.9 Å². The van der Waals surface area contributed by atoms with Crippen LogP contribution in [0.1, 0.15) is 18.7 Å². The number of ether oxygens (including phenoxy) is 1. The van der Waals surface area contributed by atoms with Crippen molar-refractivity contribution in [1.29, 1.82) is 0 Å². The molecule has 1 unspecified atom stereocenters. The van der Waals surface area contributed by atoms with Crippen molar-refractivity contribution in [3.8, 4) is 0 Å². The average molecular weight is 447 g/mol. The second-order valence-corrected chi connectivity index (χ2v) is 9.35. The zero-order valence-corrected chi connectivity index (χ0v) is 16.9. The summed E-state index contributed by atoms with van der Waals surface area (Å²) in [5, 5.41) is 3.99. The smallest absolute Gasteiger partial charge is 0.243 e. The Morgan fingerprint density at radius 1 is 1.40 bits per heavy atom. The molecule has 25 heavy (non-hydrogen) atoms. The second kappa shape index (κ2) is 8.09. The lowest BCUT2D eigenvalue weighted by atomic mass is 10.1. The molecule has 0 spiro atoms. The Morgan fingerprint density at radius 3 is 2.88 bits per heavy atom. The van der Waals surface area contributed by atoms with Crippen molar-refractivity contribution in [3.63, 3.8) is 0 Å². The quantitative estimate of drug-likeness (QED) is 0.733. The van der Waals surface area contributed by atoms with Crippen molar-refractivity contribution in [3.05, 3.63) is 34.6 Å². The monoisotopic (exact) mass is 446 g/mol. The zero-order chi connectivity index (χ0) is 17.9. The molecule has 3 rings (SSSR count). The number of piperidine rings is 1. The predicted molar refractivity (Wildman–Crippen MR) is 100 cm³/mol. The molecule has 1 atom stereocenters. The minimum atomic E-state index is -3.49. The molecule has 7 nitrogen and oxygen atoms in total. The number of sulfonamides is 1. The molecule has 1 aliphatic heterocycles. The normalized spacial score (nSPS) is 19.0. The van der Waals surface area contributed by atoms with Crippen molar-refractivity contribution in [2.24, 2.45) is 0 Å². The number of rotatable bonds is 6. The van der Waals surface area contributed by atoms with E-state index in [4.69, 9.17) is 4.74 Å². The molecule has 1 aromatic heterocycles. The van der Waals surface area contributed by atoms with Gasteiger partial charge in [-0.2, -0.15) is 8.68 Å². The van der Waals surface area contributed by atoms with Gasteiger partial charge in [0.15, 0.2) is 5.82 Å². The Bertz CT molecular complexity index is 810. The highest BCUT2D eigenvalue weighted by atomic mass is 79.9. The van der Waals surface area contributed by atoms with Crippen molar-refractivity contribution >= 4 is 42.6 Å². The molecule has 0 amide bonds. The van der Waals surface area contributed by atoms with Gasteiger partial charge in [0.25, 0.3) is 0 Å². The highest BCUT2D eigenvalue weighted by molar-refractivity contribution is 9.10. The molecule has 1 saturated heterocycles. The second-order valence-electron chi connectivity index (χ2n) is 5.75. The Balaban J connectivity index is 1.68. The molecule has 1 N–H and O–H groups in total. The Kier molecular flexibility index (Phi) is 6.05. The number of hydrogen-bond donors (Lipinski definition) is 1. The van der Waals surface area contributed by atoms with E-state index in [0.717, 1.165) is 17.3 Å². The van der Waals surface area contributed by atoms with E-state index in [9.17, 15) is 8.42 Å². The first-order valence-electron chi connectivity index (χ1n) is 7.83. The molecule has 2 heterocycles. The standard InChI is InChI=1S/C15H19BrN4O3S2/c1-23-10-14-18-15(24-19-14)17-12-3-2-8-20(9-12)25(21,22)13-6-4-11(16)5-7-13/h4-7,12H,2-3,8-10H2,1H3,(H,17,18,19). The van der Waals surface area contributed by atoms with Crippen molar-refractivity contribution in [1.82, 2.24) is 13.7 Å².